The first kappa shape index (κ1) is 8.26. The number of nitrogens with zero attached hydrogens (tertiary/aromatic N) is 1. The molecular formula is C10H11NO2. The molecule has 0 saturated carbocycles. The topological polar surface area (TPSA) is 46.3 Å². The van der Waals surface area contributed by atoms with Crippen LogP contribution in [0.2, 0.25) is 0 Å². The van der Waals surface area contributed by atoms with Crippen LogP contribution in [-0.4, -0.2) is 16.7 Å². The van der Waals surface area contributed by atoms with Gasteiger partial charge in [-0.15, -0.1) is 0 Å². The summed E-state index contributed by atoms with van der Waals surface area (Å²) in [4.78, 5) is 4.19. The van der Waals surface area contributed by atoms with Crippen molar-refractivity contribution in [3.8, 4) is 0 Å². The van der Waals surface area contributed by atoms with Crippen molar-refractivity contribution >= 4 is 11.1 Å². The van der Waals surface area contributed by atoms with Gasteiger partial charge in [-0.1, -0.05) is 6.07 Å². The average molecular weight is 177 g/mol. The van der Waals surface area contributed by atoms with Crippen LogP contribution in [0.15, 0.2) is 22.6 Å². The lowest BCUT2D eigenvalue weighted by atomic mass is 10.1. The zero-order chi connectivity index (χ0) is 9.26. The molecule has 0 amide bonds. The largest absolute Gasteiger partial charge is 0.441 e. The number of aliphatic hydroxyl groups excluding tert-OH is 1. The van der Waals surface area contributed by atoms with Gasteiger partial charge in [0.05, 0.1) is 0 Å². The van der Waals surface area contributed by atoms with E-state index < -0.39 is 0 Å². The van der Waals surface area contributed by atoms with Crippen LogP contribution in [0.3, 0.4) is 0 Å². The van der Waals surface area contributed by atoms with Crippen molar-refractivity contribution in [2.75, 3.05) is 6.61 Å². The highest BCUT2D eigenvalue weighted by atomic mass is 16.3. The molecule has 0 aliphatic rings. The molecule has 0 unspecified atom stereocenters. The Morgan fingerprint density at radius 1 is 1.46 bits per heavy atom. The van der Waals surface area contributed by atoms with Crippen LogP contribution in [0, 0.1) is 6.92 Å². The molecule has 1 heterocycles. The summed E-state index contributed by atoms with van der Waals surface area (Å²) >= 11 is 0. The molecule has 1 N–H and O–H groups in total. The average Bonchev–Trinajstić information content (AvgIpc) is 2.44. The Bertz CT molecular complexity index is 420. The van der Waals surface area contributed by atoms with Crippen molar-refractivity contribution in [1.29, 1.82) is 0 Å². The molecule has 0 aliphatic carbocycles. The van der Waals surface area contributed by atoms with Crippen LogP contribution in [0.5, 0.6) is 0 Å². The molecule has 0 atom stereocenters. The van der Waals surface area contributed by atoms with Crippen molar-refractivity contribution < 1.29 is 9.52 Å². The number of rotatable bonds is 2. The normalized spacial score (nSPS) is 10.9. The first-order valence-corrected chi connectivity index (χ1v) is 4.26. The molecule has 3 nitrogen and oxygen atoms in total. The third kappa shape index (κ3) is 1.55. The third-order valence-electron chi connectivity index (χ3n) is 1.96. The van der Waals surface area contributed by atoms with E-state index in [0.717, 1.165) is 16.7 Å². The van der Waals surface area contributed by atoms with Crippen LogP contribution in [0.25, 0.3) is 11.1 Å². The van der Waals surface area contributed by atoms with Gasteiger partial charge in [-0.05, 0) is 24.1 Å². The van der Waals surface area contributed by atoms with Gasteiger partial charge in [0.15, 0.2) is 11.5 Å². The Hall–Kier alpha value is -1.35. The van der Waals surface area contributed by atoms with E-state index in [0.29, 0.717) is 12.3 Å². The first-order valence-electron chi connectivity index (χ1n) is 4.26. The van der Waals surface area contributed by atoms with E-state index >= 15 is 0 Å². The Balaban J connectivity index is 2.48. The Morgan fingerprint density at radius 3 is 3.08 bits per heavy atom. The van der Waals surface area contributed by atoms with Gasteiger partial charge in [-0.3, -0.25) is 0 Å². The summed E-state index contributed by atoms with van der Waals surface area (Å²) in [5, 5.41) is 8.75. The zero-order valence-electron chi connectivity index (χ0n) is 7.45. The fourth-order valence-electron chi connectivity index (χ4n) is 1.37. The second kappa shape index (κ2) is 3.18. The number of hydrogen-bond acceptors (Lipinski definition) is 3. The zero-order valence-corrected chi connectivity index (χ0v) is 7.45. The number of oxazole rings is 1. The summed E-state index contributed by atoms with van der Waals surface area (Å²) in [5.74, 6) is 0.677. The molecule has 0 radical (unpaired) electrons. The number of benzene rings is 1. The summed E-state index contributed by atoms with van der Waals surface area (Å²) in [6, 6.07) is 5.79. The van der Waals surface area contributed by atoms with E-state index in [2.05, 4.69) is 4.98 Å². The van der Waals surface area contributed by atoms with Gasteiger partial charge in [-0.25, -0.2) is 4.98 Å². The van der Waals surface area contributed by atoms with Crippen LogP contribution >= 0.6 is 0 Å². The van der Waals surface area contributed by atoms with Crippen molar-refractivity contribution in [2.24, 2.45) is 0 Å². The predicted octanol–water partition coefficient (Wildman–Crippen LogP) is 1.67. The SMILES string of the molecule is Cc1nc2ccc(CCO)cc2o1. The lowest BCUT2D eigenvalue weighted by Gasteiger charge is -1.95. The maximum Gasteiger partial charge on any atom is 0.192 e. The standard InChI is InChI=1S/C10H11NO2/c1-7-11-9-3-2-8(4-5-12)6-10(9)13-7/h2-3,6,12H,4-5H2,1H3. The first-order chi connectivity index (χ1) is 6.29. The molecule has 3 heteroatoms. The summed E-state index contributed by atoms with van der Waals surface area (Å²) in [6.45, 7) is 1.99. The second-order valence-electron chi connectivity index (χ2n) is 3.01. The van der Waals surface area contributed by atoms with Crippen LogP contribution in [0.1, 0.15) is 11.5 Å². The van der Waals surface area contributed by atoms with E-state index in [9.17, 15) is 0 Å². The van der Waals surface area contributed by atoms with Crippen molar-refractivity contribution in [3.05, 3.63) is 29.7 Å². The Kier molecular flexibility index (Phi) is 2.02. The number of aromatic nitrogens is 1. The van der Waals surface area contributed by atoms with Crippen LogP contribution in [0.4, 0.5) is 0 Å². The molecule has 0 fully saturated rings. The molecule has 1 aromatic carbocycles. The third-order valence-corrected chi connectivity index (χ3v) is 1.96. The highest BCUT2D eigenvalue weighted by molar-refractivity contribution is 5.73. The molecule has 13 heavy (non-hydrogen) atoms. The quantitative estimate of drug-likeness (QED) is 0.759. The smallest absolute Gasteiger partial charge is 0.192 e. The summed E-state index contributed by atoms with van der Waals surface area (Å²) in [7, 11) is 0. The second-order valence-corrected chi connectivity index (χ2v) is 3.01. The lowest BCUT2D eigenvalue weighted by Crippen LogP contribution is -1.89. The minimum absolute atomic E-state index is 0.165. The number of hydrogen-bond donors (Lipinski definition) is 1. The summed E-state index contributed by atoms with van der Waals surface area (Å²) < 4.78 is 5.36. The molecule has 2 aromatic rings. The minimum atomic E-state index is 0.165. The highest BCUT2D eigenvalue weighted by Gasteiger charge is 2.02. The monoisotopic (exact) mass is 177 g/mol. The molecule has 1 aromatic heterocycles. The molecular weight excluding hydrogens is 166 g/mol. The molecule has 0 bridgehead atoms. The maximum absolute atomic E-state index is 8.75. The molecule has 0 saturated heterocycles. The van der Waals surface area contributed by atoms with E-state index in [1.807, 2.05) is 25.1 Å². The summed E-state index contributed by atoms with van der Waals surface area (Å²) in [5.41, 5.74) is 2.74. The molecule has 0 spiro atoms. The molecule has 68 valence electrons. The fraction of sp³-hybridized carbons (Fsp3) is 0.300. The molecule has 0 aliphatic heterocycles. The maximum atomic E-state index is 8.75. The Labute approximate surface area is 76.0 Å². The van der Waals surface area contributed by atoms with Crippen molar-refractivity contribution in [2.45, 2.75) is 13.3 Å². The Morgan fingerprint density at radius 2 is 2.31 bits per heavy atom. The van der Waals surface area contributed by atoms with Gasteiger partial charge < -0.3 is 9.52 Å². The van der Waals surface area contributed by atoms with Gasteiger partial charge in [0.2, 0.25) is 0 Å². The van der Waals surface area contributed by atoms with Crippen LogP contribution < -0.4 is 0 Å². The van der Waals surface area contributed by atoms with E-state index in [1.165, 1.54) is 0 Å². The van der Waals surface area contributed by atoms with Gasteiger partial charge in [-0.2, -0.15) is 0 Å². The van der Waals surface area contributed by atoms with Crippen molar-refractivity contribution in [1.82, 2.24) is 4.98 Å². The van der Waals surface area contributed by atoms with Gasteiger partial charge in [0.25, 0.3) is 0 Å². The minimum Gasteiger partial charge on any atom is -0.441 e. The van der Waals surface area contributed by atoms with Gasteiger partial charge in [0.1, 0.15) is 5.52 Å². The lowest BCUT2D eigenvalue weighted by molar-refractivity contribution is 0.299. The summed E-state index contributed by atoms with van der Waals surface area (Å²) in [6.07, 6.45) is 0.662. The molecule has 2 rings (SSSR count). The number of aryl methyl sites for hydroxylation is 1. The highest BCUT2D eigenvalue weighted by Crippen LogP contribution is 2.16. The van der Waals surface area contributed by atoms with E-state index in [1.54, 1.807) is 0 Å². The van der Waals surface area contributed by atoms with Gasteiger partial charge >= 0.3 is 0 Å². The van der Waals surface area contributed by atoms with E-state index in [-0.39, 0.29) is 6.61 Å². The van der Waals surface area contributed by atoms with Crippen LogP contribution in [-0.2, 0) is 6.42 Å². The van der Waals surface area contributed by atoms with E-state index in [4.69, 9.17) is 9.52 Å². The van der Waals surface area contributed by atoms with Gasteiger partial charge in [0, 0.05) is 13.5 Å². The van der Waals surface area contributed by atoms with Crippen molar-refractivity contribution in [3.63, 3.8) is 0 Å². The predicted molar refractivity (Wildman–Crippen MR) is 49.5 cm³/mol. The number of fused-ring (bicyclic) bond motifs is 1. The fourth-order valence-corrected chi connectivity index (χ4v) is 1.37. The number of aliphatic hydroxyl groups is 1.